The van der Waals surface area contributed by atoms with Crippen molar-refractivity contribution in [3.8, 4) is 22.8 Å². The monoisotopic (exact) mass is 430 g/mol. The minimum Gasteiger partial charge on any atom is -0.497 e. The van der Waals surface area contributed by atoms with Crippen LogP contribution in [0.15, 0.2) is 78.0 Å². The van der Waals surface area contributed by atoms with E-state index in [0.717, 1.165) is 39.1 Å². The first-order valence-corrected chi connectivity index (χ1v) is 10.7. The topological polar surface area (TPSA) is 83.0 Å². The van der Waals surface area contributed by atoms with Crippen molar-refractivity contribution < 1.29 is 9.53 Å². The average molecular weight is 431 g/mol. The van der Waals surface area contributed by atoms with E-state index in [0.29, 0.717) is 11.3 Å². The summed E-state index contributed by atoms with van der Waals surface area (Å²) in [6.07, 6.45) is 0. The lowest BCUT2D eigenvalue weighted by molar-refractivity contribution is 0.1000. The van der Waals surface area contributed by atoms with Crippen molar-refractivity contribution in [2.45, 2.75) is 17.8 Å². The van der Waals surface area contributed by atoms with Crippen LogP contribution in [0.1, 0.15) is 21.5 Å². The van der Waals surface area contributed by atoms with Gasteiger partial charge in [0.05, 0.1) is 7.11 Å². The molecule has 0 spiro atoms. The molecule has 1 amide bonds. The number of rotatable bonds is 7. The van der Waals surface area contributed by atoms with E-state index in [9.17, 15) is 4.79 Å². The molecule has 156 valence electrons. The van der Waals surface area contributed by atoms with Crippen molar-refractivity contribution in [3.63, 3.8) is 0 Å². The van der Waals surface area contributed by atoms with Gasteiger partial charge in [-0.05, 0) is 55.0 Å². The number of hydrogen-bond acceptors (Lipinski definition) is 5. The second-order valence-corrected chi connectivity index (χ2v) is 8.00. The van der Waals surface area contributed by atoms with Crippen molar-refractivity contribution >= 4 is 17.7 Å². The van der Waals surface area contributed by atoms with Crippen LogP contribution >= 0.6 is 11.8 Å². The normalized spacial score (nSPS) is 10.8. The third-order valence-corrected chi connectivity index (χ3v) is 5.82. The maximum Gasteiger partial charge on any atom is 0.248 e. The number of thioether (sulfide) groups is 1. The Bertz CT molecular complexity index is 1220. The molecule has 1 heterocycles. The molecule has 0 unspecified atom stereocenters. The van der Waals surface area contributed by atoms with Gasteiger partial charge >= 0.3 is 0 Å². The summed E-state index contributed by atoms with van der Waals surface area (Å²) in [5.41, 5.74) is 9.98. The van der Waals surface area contributed by atoms with Crippen molar-refractivity contribution in [1.82, 2.24) is 14.8 Å². The van der Waals surface area contributed by atoms with Crippen LogP contribution in [0.5, 0.6) is 5.75 Å². The van der Waals surface area contributed by atoms with Gasteiger partial charge in [0.1, 0.15) is 5.75 Å². The molecule has 1 aromatic heterocycles. The van der Waals surface area contributed by atoms with E-state index in [1.807, 2.05) is 59.2 Å². The number of ether oxygens (including phenoxy) is 1. The summed E-state index contributed by atoms with van der Waals surface area (Å²) >= 11 is 1.55. The zero-order valence-electron chi connectivity index (χ0n) is 17.3. The van der Waals surface area contributed by atoms with Gasteiger partial charge in [0.2, 0.25) is 5.91 Å². The number of primary amides is 1. The molecule has 31 heavy (non-hydrogen) atoms. The Hall–Kier alpha value is -3.58. The van der Waals surface area contributed by atoms with Crippen LogP contribution in [-0.4, -0.2) is 27.8 Å². The highest BCUT2D eigenvalue weighted by Gasteiger charge is 2.17. The number of nitrogens with zero attached hydrogens (tertiary/aromatic N) is 3. The van der Waals surface area contributed by atoms with Gasteiger partial charge in [-0.1, -0.05) is 47.7 Å². The number of aryl methyl sites for hydroxylation is 1. The molecule has 3 aromatic carbocycles. The highest BCUT2D eigenvalue weighted by Crippen LogP contribution is 2.31. The van der Waals surface area contributed by atoms with E-state index >= 15 is 0 Å². The van der Waals surface area contributed by atoms with E-state index in [-0.39, 0.29) is 0 Å². The molecular weight excluding hydrogens is 408 g/mol. The molecule has 0 saturated heterocycles. The van der Waals surface area contributed by atoms with Crippen LogP contribution in [0.2, 0.25) is 0 Å². The van der Waals surface area contributed by atoms with Crippen molar-refractivity contribution in [2.75, 3.05) is 7.11 Å². The molecular formula is C24H22N4O2S. The minimum absolute atomic E-state index is 0.435. The molecule has 2 N–H and O–H groups in total. The summed E-state index contributed by atoms with van der Waals surface area (Å²) in [4.78, 5) is 11.5. The SMILES string of the molecule is COc1ccc(-n2c(SCc3cccc(C(N)=O)c3)nnc2-c2cccc(C)c2)cc1. The lowest BCUT2D eigenvalue weighted by atomic mass is 10.1. The Kier molecular flexibility index (Phi) is 6.04. The summed E-state index contributed by atoms with van der Waals surface area (Å²) in [5.74, 6) is 1.74. The third-order valence-electron chi connectivity index (χ3n) is 4.82. The maximum atomic E-state index is 11.5. The molecule has 0 bridgehead atoms. The van der Waals surface area contributed by atoms with Gasteiger partial charge in [0.15, 0.2) is 11.0 Å². The molecule has 0 radical (unpaired) electrons. The van der Waals surface area contributed by atoms with E-state index < -0.39 is 5.91 Å². The van der Waals surface area contributed by atoms with Crippen LogP contribution in [0.3, 0.4) is 0 Å². The quantitative estimate of drug-likeness (QED) is 0.432. The van der Waals surface area contributed by atoms with Gasteiger partial charge in [-0.15, -0.1) is 10.2 Å². The molecule has 0 fully saturated rings. The Morgan fingerprint density at radius 1 is 1.03 bits per heavy atom. The van der Waals surface area contributed by atoms with Gasteiger partial charge < -0.3 is 10.5 Å². The minimum atomic E-state index is -0.435. The van der Waals surface area contributed by atoms with Crippen molar-refractivity contribution in [2.24, 2.45) is 5.73 Å². The summed E-state index contributed by atoms with van der Waals surface area (Å²) in [6.45, 7) is 2.05. The first-order valence-electron chi connectivity index (χ1n) is 9.73. The van der Waals surface area contributed by atoms with Crippen LogP contribution < -0.4 is 10.5 Å². The Morgan fingerprint density at radius 3 is 2.52 bits per heavy atom. The largest absolute Gasteiger partial charge is 0.497 e. The van der Waals surface area contributed by atoms with Crippen molar-refractivity contribution in [3.05, 3.63) is 89.5 Å². The molecule has 0 saturated carbocycles. The zero-order chi connectivity index (χ0) is 21.8. The number of carbonyl (C=O) groups excluding carboxylic acids is 1. The highest BCUT2D eigenvalue weighted by molar-refractivity contribution is 7.98. The number of aromatic nitrogens is 3. The molecule has 4 rings (SSSR count). The summed E-state index contributed by atoms with van der Waals surface area (Å²) in [7, 11) is 1.65. The zero-order valence-corrected chi connectivity index (χ0v) is 18.1. The summed E-state index contributed by atoms with van der Waals surface area (Å²) in [6, 6.07) is 23.3. The third kappa shape index (κ3) is 4.62. The molecule has 0 aliphatic rings. The smallest absolute Gasteiger partial charge is 0.248 e. The van der Waals surface area contributed by atoms with E-state index in [1.54, 1.807) is 24.9 Å². The van der Waals surface area contributed by atoms with Gasteiger partial charge in [-0.2, -0.15) is 0 Å². The standard InChI is InChI=1S/C24H22N4O2S/c1-16-5-3-8-19(13-16)23-26-27-24(28(23)20-9-11-21(30-2)12-10-20)31-15-17-6-4-7-18(14-17)22(25)29/h3-14H,15H2,1-2H3,(H2,25,29). The Labute approximate surface area is 185 Å². The van der Waals surface area contributed by atoms with Crippen LogP contribution in [-0.2, 0) is 5.75 Å². The first-order chi connectivity index (χ1) is 15.0. The fourth-order valence-electron chi connectivity index (χ4n) is 3.26. The van der Waals surface area contributed by atoms with E-state index in [4.69, 9.17) is 10.5 Å². The van der Waals surface area contributed by atoms with Crippen molar-refractivity contribution in [1.29, 1.82) is 0 Å². The van der Waals surface area contributed by atoms with Crippen LogP contribution in [0.25, 0.3) is 17.1 Å². The molecule has 0 aliphatic carbocycles. The molecule has 7 heteroatoms. The predicted octanol–water partition coefficient (Wildman–Crippen LogP) is 4.64. The molecule has 0 aliphatic heterocycles. The Balaban J connectivity index is 1.72. The number of methoxy groups -OCH3 is 1. The van der Waals surface area contributed by atoms with Gasteiger partial charge in [0.25, 0.3) is 0 Å². The summed E-state index contributed by atoms with van der Waals surface area (Å²) in [5, 5.41) is 9.71. The van der Waals surface area contributed by atoms with E-state index in [2.05, 4.69) is 29.3 Å². The first kappa shape index (κ1) is 20.7. The average Bonchev–Trinajstić information content (AvgIpc) is 3.22. The maximum absolute atomic E-state index is 11.5. The lowest BCUT2D eigenvalue weighted by Gasteiger charge is -2.12. The molecule has 4 aromatic rings. The fraction of sp³-hybridized carbons (Fsp3) is 0.125. The molecule has 6 nitrogen and oxygen atoms in total. The number of hydrogen-bond donors (Lipinski definition) is 1. The van der Waals surface area contributed by atoms with Crippen LogP contribution in [0, 0.1) is 6.92 Å². The van der Waals surface area contributed by atoms with Crippen LogP contribution in [0.4, 0.5) is 0 Å². The second-order valence-electron chi connectivity index (χ2n) is 7.06. The predicted molar refractivity (Wildman–Crippen MR) is 123 cm³/mol. The second kappa shape index (κ2) is 9.06. The van der Waals surface area contributed by atoms with Gasteiger partial charge in [-0.3, -0.25) is 9.36 Å². The highest BCUT2D eigenvalue weighted by atomic mass is 32.2. The van der Waals surface area contributed by atoms with Gasteiger partial charge in [-0.25, -0.2) is 0 Å². The number of nitrogens with two attached hydrogens (primary N) is 1. The fourth-order valence-corrected chi connectivity index (χ4v) is 4.16. The number of carbonyl (C=O) groups is 1. The van der Waals surface area contributed by atoms with Gasteiger partial charge in [0, 0.05) is 22.6 Å². The molecule has 0 atom stereocenters. The Morgan fingerprint density at radius 2 is 1.81 bits per heavy atom. The van der Waals surface area contributed by atoms with E-state index in [1.165, 1.54) is 0 Å². The lowest BCUT2D eigenvalue weighted by Crippen LogP contribution is -2.10. The number of benzene rings is 3. The summed E-state index contributed by atoms with van der Waals surface area (Å²) < 4.78 is 7.34. The number of amides is 1.